The summed E-state index contributed by atoms with van der Waals surface area (Å²) in [5, 5.41) is 3.66. The number of hydrogen-bond acceptors (Lipinski definition) is 7. The standard InChI is InChI=1S/C13H12O6S2.K/c14-21(15,16)13-4-2-1-3-10(13)17-5-9-6-18-11-7-20-8-12(11)19-9;/h1-4,7-9H,5-6H2,(H,14,15,16);/q;+1/p-1. The van der Waals surface area contributed by atoms with Gasteiger partial charge in [0, 0.05) is 10.8 Å². The minimum Gasteiger partial charge on any atom is -0.744 e. The second-order valence-electron chi connectivity index (χ2n) is 4.36. The fourth-order valence-corrected chi connectivity index (χ4v) is 3.19. The minimum atomic E-state index is -4.57. The van der Waals surface area contributed by atoms with Crippen LogP contribution in [0.1, 0.15) is 0 Å². The molecule has 0 fully saturated rings. The Morgan fingerprint density at radius 1 is 1.27 bits per heavy atom. The predicted molar refractivity (Wildman–Crippen MR) is 74.1 cm³/mol. The molecule has 0 radical (unpaired) electrons. The van der Waals surface area contributed by atoms with E-state index in [2.05, 4.69) is 0 Å². The third-order valence-electron chi connectivity index (χ3n) is 2.85. The van der Waals surface area contributed by atoms with Crippen LogP contribution in [0.4, 0.5) is 0 Å². The van der Waals surface area contributed by atoms with Crippen LogP contribution in [0.15, 0.2) is 39.9 Å². The van der Waals surface area contributed by atoms with Crippen LogP contribution in [-0.4, -0.2) is 32.3 Å². The zero-order valence-corrected chi connectivity index (χ0v) is 16.5. The Bertz CT molecular complexity index is 742. The van der Waals surface area contributed by atoms with Crippen LogP contribution >= 0.6 is 11.3 Å². The maximum atomic E-state index is 11.1. The molecule has 1 aliphatic rings. The zero-order chi connectivity index (χ0) is 14.9. The molecule has 112 valence electrons. The van der Waals surface area contributed by atoms with Gasteiger partial charge in [-0.05, 0) is 12.1 Å². The van der Waals surface area contributed by atoms with Crippen LogP contribution in [0, 0.1) is 0 Å². The van der Waals surface area contributed by atoms with Crippen LogP contribution in [-0.2, 0) is 10.1 Å². The van der Waals surface area contributed by atoms with Crippen LogP contribution in [0.25, 0.3) is 0 Å². The third-order valence-corrected chi connectivity index (χ3v) is 4.43. The molecule has 2 aromatic rings. The molecule has 1 aliphatic heterocycles. The number of rotatable bonds is 4. The number of para-hydroxylation sites is 1. The summed E-state index contributed by atoms with van der Waals surface area (Å²) in [5.74, 6) is 1.36. The summed E-state index contributed by atoms with van der Waals surface area (Å²) in [7, 11) is -4.57. The van der Waals surface area contributed by atoms with Crippen molar-refractivity contribution in [2.24, 2.45) is 0 Å². The van der Waals surface area contributed by atoms with Gasteiger partial charge in [0.25, 0.3) is 0 Å². The first-order valence-electron chi connectivity index (χ1n) is 6.07. The Kier molecular flexibility index (Phi) is 6.31. The molecule has 9 heteroatoms. The van der Waals surface area contributed by atoms with Crippen molar-refractivity contribution in [2.45, 2.75) is 11.0 Å². The minimum absolute atomic E-state index is 0. The molecule has 22 heavy (non-hydrogen) atoms. The Morgan fingerprint density at radius 2 is 2.00 bits per heavy atom. The molecular weight excluding hydrogens is 355 g/mol. The van der Waals surface area contributed by atoms with Crippen LogP contribution in [0.3, 0.4) is 0 Å². The summed E-state index contributed by atoms with van der Waals surface area (Å²) < 4.78 is 50.0. The van der Waals surface area contributed by atoms with Gasteiger partial charge in [0.05, 0.1) is 4.90 Å². The van der Waals surface area contributed by atoms with Crippen molar-refractivity contribution in [1.82, 2.24) is 0 Å². The van der Waals surface area contributed by atoms with Gasteiger partial charge in [-0.1, -0.05) is 12.1 Å². The first-order chi connectivity index (χ1) is 10.0. The summed E-state index contributed by atoms with van der Waals surface area (Å²) >= 11 is 1.47. The molecule has 0 N–H and O–H groups in total. The molecule has 1 unspecified atom stereocenters. The van der Waals surface area contributed by atoms with E-state index in [1.54, 1.807) is 6.07 Å². The van der Waals surface area contributed by atoms with E-state index in [1.165, 1.54) is 29.5 Å². The van der Waals surface area contributed by atoms with E-state index in [1.807, 2.05) is 10.8 Å². The molecular formula is C13H11KO6S2. The van der Waals surface area contributed by atoms with Crippen LogP contribution < -0.4 is 65.6 Å². The van der Waals surface area contributed by atoms with E-state index in [0.29, 0.717) is 18.1 Å². The topological polar surface area (TPSA) is 84.9 Å². The molecule has 0 saturated heterocycles. The van der Waals surface area contributed by atoms with E-state index in [9.17, 15) is 13.0 Å². The molecule has 3 rings (SSSR count). The number of benzene rings is 1. The molecule has 1 atom stereocenters. The van der Waals surface area contributed by atoms with Gasteiger partial charge in [-0.15, -0.1) is 11.3 Å². The normalized spacial score (nSPS) is 16.7. The quantitative estimate of drug-likeness (QED) is 0.503. The third kappa shape index (κ3) is 4.23. The van der Waals surface area contributed by atoms with Crippen molar-refractivity contribution >= 4 is 21.5 Å². The van der Waals surface area contributed by atoms with E-state index < -0.39 is 10.1 Å². The largest absolute Gasteiger partial charge is 1.00 e. The predicted octanol–water partition coefficient (Wildman–Crippen LogP) is -1.12. The summed E-state index contributed by atoms with van der Waals surface area (Å²) in [4.78, 5) is -0.377. The number of fused-ring (bicyclic) bond motifs is 1. The Balaban J connectivity index is 0.00000176. The van der Waals surface area contributed by atoms with Gasteiger partial charge < -0.3 is 18.8 Å². The van der Waals surface area contributed by atoms with E-state index >= 15 is 0 Å². The monoisotopic (exact) mass is 366 g/mol. The summed E-state index contributed by atoms with van der Waals surface area (Å²) in [5.41, 5.74) is 0. The molecule has 1 aromatic carbocycles. The van der Waals surface area contributed by atoms with Gasteiger partial charge in [0.15, 0.2) is 17.6 Å². The van der Waals surface area contributed by atoms with Gasteiger partial charge in [-0.3, -0.25) is 0 Å². The molecule has 0 spiro atoms. The fraction of sp³-hybridized carbons (Fsp3) is 0.231. The maximum Gasteiger partial charge on any atom is 1.00 e. The number of hydrogen-bond donors (Lipinski definition) is 0. The first-order valence-corrected chi connectivity index (χ1v) is 8.42. The van der Waals surface area contributed by atoms with Crippen LogP contribution in [0.2, 0.25) is 0 Å². The first kappa shape index (κ1) is 18.2. The summed E-state index contributed by atoms with van der Waals surface area (Å²) in [6, 6.07) is 5.71. The van der Waals surface area contributed by atoms with Gasteiger partial charge in [0.1, 0.15) is 29.1 Å². The van der Waals surface area contributed by atoms with Crippen molar-refractivity contribution < 1.29 is 78.6 Å². The van der Waals surface area contributed by atoms with E-state index in [0.717, 1.165) is 0 Å². The molecule has 0 aliphatic carbocycles. The number of thiophene rings is 1. The summed E-state index contributed by atoms with van der Waals surface area (Å²) in [6.45, 7) is 0.387. The molecule has 0 saturated carbocycles. The van der Waals surface area contributed by atoms with Gasteiger partial charge in [-0.2, -0.15) is 0 Å². The van der Waals surface area contributed by atoms with Crippen molar-refractivity contribution in [3.63, 3.8) is 0 Å². The second-order valence-corrected chi connectivity index (χ2v) is 6.45. The Morgan fingerprint density at radius 3 is 2.77 bits per heavy atom. The van der Waals surface area contributed by atoms with Gasteiger partial charge in [0.2, 0.25) is 0 Å². The SMILES string of the molecule is O=S(=O)([O-])c1ccccc1OCC1COc2cscc2O1.[K+]. The fourth-order valence-electron chi connectivity index (χ4n) is 1.90. The molecule has 2 heterocycles. The summed E-state index contributed by atoms with van der Waals surface area (Å²) in [6.07, 6.45) is -0.366. The van der Waals surface area contributed by atoms with Crippen molar-refractivity contribution in [1.29, 1.82) is 0 Å². The Labute approximate surface area is 174 Å². The molecule has 6 nitrogen and oxygen atoms in total. The number of ether oxygens (including phenoxy) is 3. The Hall–Kier alpha value is -0.134. The zero-order valence-electron chi connectivity index (χ0n) is 11.7. The smallest absolute Gasteiger partial charge is 0.744 e. The van der Waals surface area contributed by atoms with Gasteiger partial charge in [-0.25, -0.2) is 8.42 Å². The van der Waals surface area contributed by atoms with Crippen molar-refractivity contribution in [3.05, 3.63) is 35.0 Å². The average molecular weight is 366 g/mol. The maximum absolute atomic E-state index is 11.1. The average Bonchev–Trinajstić information content (AvgIpc) is 2.92. The second kappa shape index (κ2) is 7.62. The van der Waals surface area contributed by atoms with Crippen LogP contribution in [0.5, 0.6) is 17.2 Å². The van der Waals surface area contributed by atoms with Crippen molar-refractivity contribution in [3.8, 4) is 17.2 Å². The van der Waals surface area contributed by atoms with Gasteiger partial charge >= 0.3 is 51.4 Å². The molecule has 0 bridgehead atoms. The molecule has 1 aromatic heterocycles. The molecule has 0 amide bonds. The van der Waals surface area contributed by atoms with E-state index in [-0.39, 0.29) is 74.7 Å². The van der Waals surface area contributed by atoms with E-state index in [4.69, 9.17) is 14.2 Å². The van der Waals surface area contributed by atoms with Crippen molar-refractivity contribution in [2.75, 3.05) is 13.2 Å².